The molecule has 17 heavy (non-hydrogen) atoms. The molecule has 2 atom stereocenters. The van der Waals surface area contributed by atoms with Gasteiger partial charge in [-0.1, -0.05) is 0 Å². The largest absolute Gasteiger partial charge is 0.339 e. The number of rotatable bonds is 3. The predicted molar refractivity (Wildman–Crippen MR) is 68.9 cm³/mol. The number of likely N-dealkylation sites (N-methyl/N-ethyl adjacent to an activating group) is 1. The lowest BCUT2D eigenvalue weighted by Crippen LogP contribution is -2.51. The smallest absolute Gasteiger partial charge is 0.240 e. The maximum absolute atomic E-state index is 12.3. The summed E-state index contributed by atoms with van der Waals surface area (Å²) in [5.74, 6) is 0.344. The van der Waals surface area contributed by atoms with Crippen molar-refractivity contribution in [1.29, 1.82) is 0 Å². The molecule has 0 bridgehead atoms. The lowest BCUT2D eigenvalue weighted by molar-refractivity contribution is -0.133. The van der Waals surface area contributed by atoms with Crippen LogP contribution in [0.4, 0.5) is 0 Å². The molecule has 0 aromatic carbocycles. The highest BCUT2D eigenvalue weighted by Gasteiger charge is 2.38. The minimum atomic E-state index is 0.147. The van der Waals surface area contributed by atoms with Gasteiger partial charge in [0.15, 0.2) is 0 Å². The first-order chi connectivity index (χ1) is 8.13. The van der Waals surface area contributed by atoms with E-state index in [1.807, 2.05) is 11.9 Å². The number of hydrogen-bond donors (Lipinski definition) is 1. The summed E-state index contributed by atoms with van der Waals surface area (Å²) in [7, 11) is 2.02. The Kier molecular flexibility index (Phi) is 4.05. The van der Waals surface area contributed by atoms with E-state index in [1.54, 1.807) is 0 Å². The highest BCUT2D eigenvalue weighted by molar-refractivity contribution is 5.84. The van der Waals surface area contributed by atoms with Crippen LogP contribution in [-0.4, -0.2) is 60.5 Å². The molecule has 0 radical (unpaired) electrons. The summed E-state index contributed by atoms with van der Waals surface area (Å²) < 4.78 is 0. The first-order valence-corrected chi connectivity index (χ1v) is 6.85. The Bertz CT molecular complexity index is 280. The molecule has 0 saturated carbocycles. The standard InChI is InChI=1S/C13H25N3O/c1-10(2)16-8-6-12(13(16)17)15-7-4-5-11(9-15)14-3/h10-12,14H,4-9H2,1-3H3. The molecular formula is C13H25N3O. The van der Waals surface area contributed by atoms with Gasteiger partial charge < -0.3 is 10.2 Å². The van der Waals surface area contributed by atoms with Crippen molar-refractivity contribution < 1.29 is 4.79 Å². The summed E-state index contributed by atoms with van der Waals surface area (Å²) >= 11 is 0. The van der Waals surface area contributed by atoms with Crippen LogP contribution in [0.25, 0.3) is 0 Å². The Morgan fingerprint density at radius 2 is 2.06 bits per heavy atom. The molecule has 2 aliphatic rings. The lowest BCUT2D eigenvalue weighted by Gasteiger charge is -2.36. The fourth-order valence-corrected chi connectivity index (χ4v) is 3.06. The molecule has 0 aliphatic carbocycles. The van der Waals surface area contributed by atoms with Gasteiger partial charge in [0, 0.05) is 25.2 Å². The number of hydrogen-bond acceptors (Lipinski definition) is 3. The summed E-state index contributed by atoms with van der Waals surface area (Å²) in [6.07, 6.45) is 3.45. The van der Waals surface area contributed by atoms with E-state index in [1.165, 1.54) is 12.8 Å². The van der Waals surface area contributed by atoms with Crippen molar-refractivity contribution in [2.24, 2.45) is 0 Å². The molecule has 2 unspecified atom stereocenters. The van der Waals surface area contributed by atoms with E-state index >= 15 is 0 Å². The average molecular weight is 239 g/mol. The number of piperidine rings is 1. The van der Waals surface area contributed by atoms with Gasteiger partial charge in [-0.3, -0.25) is 9.69 Å². The van der Waals surface area contributed by atoms with E-state index in [4.69, 9.17) is 0 Å². The number of carbonyl (C=O) groups is 1. The molecule has 0 aromatic rings. The van der Waals surface area contributed by atoms with Crippen LogP contribution >= 0.6 is 0 Å². The Morgan fingerprint density at radius 1 is 1.29 bits per heavy atom. The maximum atomic E-state index is 12.3. The molecule has 2 rings (SSSR count). The van der Waals surface area contributed by atoms with Gasteiger partial charge in [-0.2, -0.15) is 0 Å². The number of carbonyl (C=O) groups excluding carboxylic acids is 1. The first-order valence-electron chi connectivity index (χ1n) is 6.85. The normalized spacial score (nSPS) is 31.5. The average Bonchev–Trinajstić information content (AvgIpc) is 2.71. The molecule has 98 valence electrons. The van der Waals surface area contributed by atoms with Gasteiger partial charge in [-0.15, -0.1) is 0 Å². The molecule has 2 fully saturated rings. The number of amides is 1. The molecule has 0 aromatic heterocycles. The van der Waals surface area contributed by atoms with Crippen molar-refractivity contribution >= 4 is 5.91 Å². The molecule has 2 heterocycles. The van der Waals surface area contributed by atoms with Gasteiger partial charge in [0.2, 0.25) is 5.91 Å². The third-order valence-electron chi connectivity index (χ3n) is 4.14. The Hall–Kier alpha value is -0.610. The van der Waals surface area contributed by atoms with Gasteiger partial charge in [0.1, 0.15) is 0 Å². The SMILES string of the molecule is CNC1CCCN(C2CCN(C(C)C)C2=O)C1. The molecule has 0 spiro atoms. The number of likely N-dealkylation sites (tertiary alicyclic amines) is 2. The maximum Gasteiger partial charge on any atom is 0.240 e. The zero-order valence-corrected chi connectivity index (χ0v) is 11.3. The minimum absolute atomic E-state index is 0.147. The molecule has 4 heteroatoms. The van der Waals surface area contributed by atoms with Crippen molar-refractivity contribution in [2.75, 3.05) is 26.7 Å². The van der Waals surface area contributed by atoms with Crippen LogP contribution in [0, 0.1) is 0 Å². The highest BCUT2D eigenvalue weighted by Crippen LogP contribution is 2.22. The predicted octanol–water partition coefficient (Wildman–Crippen LogP) is 0.679. The molecule has 4 nitrogen and oxygen atoms in total. The summed E-state index contributed by atoms with van der Waals surface area (Å²) in [5.41, 5.74) is 0. The van der Waals surface area contributed by atoms with Crippen molar-refractivity contribution in [1.82, 2.24) is 15.1 Å². The van der Waals surface area contributed by atoms with Crippen molar-refractivity contribution in [2.45, 2.75) is 51.2 Å². The van der Waals surface area contributed by atoms with E-state index in [9.17, 15) is 4.79 Å². The third kappa shape index (κ3) is 2.63. The van der Waals surface area contributed by atoms with Crippen LogP contribution in [-0.2, 0) is 4.79 Å². The van der Waals surface area contributed by atoms with Crippen LogP contribution in [0.2, 0.25) is 0 Å². The second kappa shape index (κ2) is 5.36. The molecule has 1 amide bonds. The van der Waals surface area contributed by atoms with E-state index < -0.39 is 0 Å². The highest BCUT2D eigenvalue weighted by atomic mass is 16.2. The topological polar surface area (TPSA) is 35.6 Å². The Balaban J connectivity index is 1.96. The van der Waals surface area contributed by atoms with Crippen molar-refractivity contribution in [3.8, 4) is 0 Å². The molecule has 2 saturated heterocycles. The minimum Gasteiger partial charge on any atom is -0.339 e. The summed E-state index contributed by atoms with van der Waals surface area (Å²) in [5, 5.41) is 3.34. The van der Waals surface area contributed by atoms with Crippen LogP contribution in [0.15, 0.2) is 0 Å². The Morgan fingerprint density at radius 3 is 2.65 bits per heavy atom. The third-order valence-corrected chi connectivity index (χ3v) is 4.14. The Labute approximate surface area is 104 Å². The molecular weight excluding hydrogens is 214 g/mol. The summed E-state index contributed by atoms with van der Waals surface area (Å²) in [6, 6.07) is 1.05. The van der Waals surface area contributed by atoms with E-state index in [2.05, 4.69) is 24.1 Å². The van der Waals surface area contributed by atoms with Gasteiger partial charge in [0.25, 0.3) is 0 Å². The van der Waals surface area contributed by atoms with Crippen LogP contribution in [0.3, 0.4) is 0 Å². The van der Waals surface area contributed by atoms with Gasteiger partial charge in [-0.25, -0.2) is 0 Å². The quantitative estimate of drug-likeness (QED) is 0.786. The van der Waals surface area contributed by atoms with Crippen LogP contribution in [0.5, 0.6) is 0 Å². The number of nitrogens with zero attached hydrogens (tertiary/aromatic N) is 2. The fraction of sp³-hybridized carbons (Fsp3) is 0.923. The lowest BCUT2D eigenvalue weighted by atomic mass is 10.0. The van der Waals surface area contributed by atoms with E-state index in [0.29, 0.717) is 18.0 Å². The van der Waals surface area contributed by atoms with Crippen LogP contribution in [0.1, 0.15) is 33.1 Å². The first kappa shape index (κ1) is 12.8. The zero-order chi connectivity index (χ0) is 12.4. The summed E-state index contributed by atoms with van der Waals surface area (Å²) in [4.78, 5) is 16.7. The van der Waals surface area contributed by atoms with Crippen molar-refractivity contribution in [3.05, 3.63) is 0 Å². The second-order valence-electron chi connectivity index (χ2n) is 5.55. The number of nitrogens with one attached hydrogen (secondary N) is 1. The summed E-state index contributed by atoms with van der Waals surface area (Å²) in [6.45, 7) is 7.25. The van der Waals surface area contributed by atoms with Gasteiger partial charge >= 0.3 is 0 Å². The zero-order valence-electron chi connectivity index (χ0n) is 11.3. The monoisotopic (exact) mass is 239 g/mol. The van der Waals surface area contributed by atoms with Gasteiger partial charge in [-0.05, 0) is 46.7 Å². The van der Waals surface area contributed by atoms with Crippen molar-refractivity contribution in [3.63, 3.8) is 0 Å². The second-order valence-corrected chi connectivity index (χ2v) is 5.55. The molecule has 1 N–H and O–H groups in total. The van der Waals surface area contributed by atoms with E-state index in [-0.39, 0.29) is 6.04 Å². The van der Waals surface area contributed by atoms with Crippen LogP contribution < -0.4 is 5.32 Å². The molecule has 2 aliphatic heterocycles. The fourth-order valence-electron chi connectivity index (χ4n) is 3.06. The van der Waals surface area contributed by atoms with Gasteiger partial charge in [0.05, 0.1) is 6.04 Å². The van der Waals surface area contributed by atoms with E-state index in [0.717, 1.165) is 26.1 Å².